The third-order valence-corrected chi connectivity index (χ3v) is 2.62. The quantitative estimate of drug-likeness (QED) is 0.739. The molecule has 0 heterocycles. The van der Waals surface area contributed by atoms with Gasteiger partial charge in [-0.05, 0) is 48.4 Å². The molecule has 0 atom stereocenters. The van der Waals surface area contributed by atoms with E-state index >= 15 is 0 Å². The summed E-state index contributed by atoms with van der Waals surface area (Å²) in [4.78, 5) is 0. The van der Waals surface area contributed by atoms with Crippen LogP contribution < -0.4 is 5.73 Å². The van der Waals surface area contributed by atoms with Gasteiger partial charge in [-0.3, -0.25) is 0 Å². The van der Waals surface area contributed by atoms with Gasteiger partial charge in [0.05, 0.1) is 0 Å². The lowest BCUT2D eigenvalue weighted by molar-refractivity contribution is 0.474. The van der Waals surface area contributed by atoms with Crippen LogP contribution in [0.25, 0.3) is 0 Å². The zero-order valence-corrected chi connectivity index (χ0v) is 7.66. The van der Waals surface area contributed by atoms with Crippen molar-refractivity contribution in [3.63, 3.8) is 0 Å². The van der Waals surface area contributed by atoms with Gasteiger partial charge >= 0.3 is 0 Å². The highest BCUT2D eigenvalue weighted by Crippen LogP contribution is 2.34. The van der Waals surface area contributed by atoms with E-state index in [4.69, 9.17) is 5.73 Å². The lowest BCUT2D eigenvalue weighted by Crippen LogP contribution is -2.02. The first-order chi connectivity index (χ1) is 6.29. The molecule has 1 aromatic rings. The zero-order valence-electron chi connectivity index (χ0n) is 7.66. The Hall–Kier alpha value is -1.02. The SMILES string of the molecule is NCc1ccc(O)cc1CC1CC1. The molecule has 1 aliphatic carbocycles. The summed E-state index contributed by atoms with van der Waals surface area (Å²) in [5.74, 6) is 1.19. The van der Waals surface area contributed by atoms with Gasteiger partial charge in [-0.1, -0.05) is 6.07 Å². The van der Waals surface area contributed by atoms with Crippen LogP contribution in [-0.4, -0.2) is 5.11 Å². The maximum atomic E-state index is 9.33. The molecule has 3 N–H and O–H groups in total. The van der Waals surface area contributed by atoms with Gasteiger partial charge in [0, 0.05) is 6.54 Å². The first-order valence-electron chi connectivity index (χ1n) is 4.80. The number of hydrogen-bond acceptors (Lipinski definition) is 2. The molecule has 13 heavy (non-hydrogen) atoms. The summed E-state index contributed by atoms with van der Waals surface area (Å²) in [6.45, 7) is 0.572. The van der Waals surface area contributed by atoms with E-state index in [9.17, 15) is 5.11 Å². The number of nitrogens with two attached hydrogens (primary N) is 1. The predicted molar refractivity (Wildman–Crippen MR) is 52.4 cm³/mol. The monoisotopic (exact) mass is 177 g/mol. The molecule has 1 aliphatic rings. The average molecular weight is 177 g/mol. The minimum Gasteiger partial charge on any atom is -0.508 e. The molecule has 0 saturated heterocycles. The highest BCUT2D eigenvalue weighted by Gasteiger charge is 2.22. The Labute approximate surface area is 78.4 Å². The van der Waals surface area contributed by atoms with Crippen molar-refractivity contribution in [1.82, 2.24) is 0 Å². The highest BCUT2D eigenvalue weighted by atomic mass is 16.3. The van der Waals surface area contributed by atoms with E-state index in [0.717, 1.165) is 12.3 Å². The Morgan fingerprint density at radius 3 is 2.69 bits per heavy atom. The van der Waals surface area contributed by atoms with E-state index < -0.39 is 0 Å². The van der Waals surface area contributed by atoms with Crippen LogP contribution in [-0.2, 0) is 13.0 Å². The van der Waals surface area contributed by atoms with Gasteiger partial charge in [0.15, 0.2) is 0 Å². The molecule has 1 fully saturated rings. The second-order valence-electron chi connectivity index (χ2n) is 3.80. The van der Waals surface area contributed by atoms with E-state index in [1.807, 2.05) is 12.1 Å². The van der Waals surface area contributed by atoms with Crippen LogP contribution in [0.3, 0.4) is 0 Å². The van der Waals surface area contributed by atoms with Crippen LogP contribution in [0.4, 0.5) is 0 Å². The average Bonchev–Trinajstić information content (AvgIpc) is 2.89. The molecule has 1 saturated carbocycles. The third-order valence-electron chi connectivity index (χ3n) is 2.62. The van der Waals surface area contributed by atoms with Crippen LogP contribution in [0.15, 0.2) is 18.2 Å². The maximum absolute atomic E-state index is 9.33. The largest absolute Gasteiger partial charge is 0.508 e. The summed E-state index contributed by atoms with van der Waals surface area (Å²) in [5.41, 5.74) is 8.01. The van der Waals surface area contributed by atoms with E-state index in [0.29, 0.717) is 12.3 Å². The van der Waals surface area contributed by atoms with Crippen LogP contribution in [0, 0.1) is 5.92 Å². The topological polar surface area (TPSA) is 46.2 Å². The molecule has 0 aromatic heterocycles. The van der Waals surface area contributed by atoms with E-state index in [2.05, 4.69) is 0 Å². The fraction of sp³-hybridized carbons (Fsp3) is 0.455. The first-order valence-corrected chi connectivity index (χ1v) is 4.80. The summed E-state index contributed by atoms with van der Waals surface area (Å²) in [7, 11) is 0. The number of rotatable bonds is 3. The second-order valence-corrected chi connectivity index (χ2v) is 3.80. The van der Waals surface area contributed by atoms with E-state index in [1.54, 1.807) is 6.07 Å². The smallest absolute Gasteiger partial charge is 0.115 e. The number of phenols is 1. The summed E-state index contributed by atoms with van der Waals surface area (Å²) in [6, 6.07) is 5.48. The second kappa shape index (κ2) is 3.38. The first kappa shape index (κ1) is 8.57. The molecular formula is C11H15NO. The van der Waals surface area contributed by atoms with Crippen molar-refractivity contribution in [2.45, 2.75) is 25.8 Å². The van der Waals surface area contributed by atoms with Crippen LogP contribution in [0.2, 0.25) is 0 Å². The molecule has 0 spiro atoms. The summed E-state index contributed by atoms with van der Waals surface area (Å²) < 4.78 is 0. The number of benzene rings is 1. The normalized spacial score (nSPS) is 16.1. The molecule has 1 aromatic carbocycles. The molecule has 70 valence electrons. The van der Waals surface area contributed by atoms with Gasteiger partial charge in [-0.2, -0.15) is 0 Å². The van der Waals surface area contributed by atoms with Crippen molar-refractivity contribution in [2.24, 2.45) is 11.7 Å². The lowest BCUT2D eigenvalue weighted by Gasteiger charge is -2.07. The Kier molecular flexibility index (Phi) is 2.23. The molecule has 0 radical (unpaired) electrons. The lowest BCUT2D eigenvalue weighted by atomic mass is 10.0. The van der Waals surface area contributed by atoms with Gasteiger partial charge < -0.3 is 10.8 Å². The summed E-state index contributed by atoms with van der Waals surface area (Å²) >= 11 is 0. The van der Waals surface area contributed by atoms with Gasteiger partial charge in [-0.15, -0.1) is 0 Å². The maximum Gasteiger partial charge on any atom is 0.115 e. The molecule has 2 heteroatoms. The van der Waals surface area contributed by atoms with Crippen molar-refractivity contribution >= 4 is 0 Å². The third kappa shape index (κ3) is 2.01. The minimum absolute atomic E-state index is 0.354. The van der Waals surface area contributed by atoms with Gasteiger partial charge in [0.25, 0.3) is 0 Å². The van der Waals surface area contributed by atoms with Crippen molar-refractivity contribution < 1.29 is 5.11 Å². The van der Waals surface area contributed by atoms with Crippen molar-refractivity contribution in [1.29, 1.82) is 0 Å². The Morgan fingerprint density at radius 2 is 2.08 bits per heavy atom. The Bertz CT molecular complexity index is 305. The Balaban J connectivity index is 2.22. The zero-order chi connectivity index (χ0) is 9.26. The molecule has 0 unspecified atom stereocenters. The fourth-order valence-electron chi connectivity index (χ4n) is 1.63. The van der Waals surface area contributed by atoms with Crippen molar-refractivity contribution in [3.05, 3.63) is 29.3 Å². The van der Waals surface area contributed by atoms with E-state index in [-0.39, 0.29) is 0 Å². The molecule has 2 rings (SSSR count). The molecule has 0 aliphatic heterocycles. The summed E-state index contributed by atoms with van der Waals surface area (Å²) in [5, 5.41) is 9.33. The van der Waals surface area contributed by atoms with Crippen molar-refractivity contribution in [3.8, 4) is 5.75 Å². The highest BCUT2D eigenvalue weighted by molar-refractivity contribution is 5.35. The molecule has 2 nitrogen and oxygen atoms in total. The fourth-order valence-corrected chi connectivity index (χ4v) is 1.63. The van der Waals surface area contributed by atoms with Crippen LogP contribution in [0.1, 0.15) is 24.0 Å². The van der Waals surface area contributed by atoms with E-state index in [1.165, 1.54) is 24.0 Å². The van der Waals surface area contributed by atoms with Crippen molar-refractivity contribution in [2.75, 3.05) is 0 Å². The standard InChI is InChI=1S/C11H15NO/c12-7-9-3-4-11(13)6-10(9)5-8-1-2-8/h3-4,6,8,13H,1-2,5,7,12H2. The van der Waals surface area contributed by atoms with Crippen LogP contribution >= 0.6 is 0 Å². The van der Waals surface area contributed by atoms with Gasteiger partial charge in [-0.25, -0.2) is 0 Å². The number of hydrogen-bond donors (Lipinski definition) is 2. The van der Waals surface area contributed by atoms with Crippen LogP contribution in [0.5, 0.6) is 5.75 Å². The summed E-state index contributed by atoms with van der Waals surface area (Å²) in [6.07, 6.45) is 3.75. The molecule has 0 amide bonds. The molecular weight excluding hydrogens is 162 g/mol. The predicted octanol–water partition coefficient (Wildman–Crippen LogP) is 1.80. The molecule has 0 bridgehead atoms. The Morgan fingerprint density at radius 1 is 1.31 bits per heavy atom. The number of aromatic hydroxyl groups is 1. The van der Waals surface area contributed by atoms with Gasteiger partial charge in [0.1, 0.15) is 5.75 Å². The minimum atomic E-state index is 0.354. The van der Waals surface area contributed by atoms with Gasteiger partial charge in [0.2, 0.25) is 0 Å². The number of phenolic OH excluding ortho intramolecular Hbond substituents is 1.